The molecule has 0 aliphatic rings. The maximum atomic E-state index is 13.6. The molecule has 0 saturated carbocycles. The van der Waals surface area contributed by atoms with Crippen molar-refractivity contribution in [3.63, 3.8) is 0 Å². The lowest BCUT2D eigenvalue weighted by atomic mass is 10.1. The number of benzene rings is 2. The van der Waals surface area contributed by atoms with Crippen LogP contribution in [0.3, 0.4) is 0 Å². The van der Waals surface area contributed by atoms with Crippen LogP contribution in [0.5, 0.6) is 5.75 Å². The second kappa shape index (κ2) is 6.72. The van der Waals surface area contributed by atoms with E-state index in [0.717, 1.165) is 6.07 Å². The first-order valence-corrected chi connectivity index (χ1v) is 7.34. The highest BCUT2D eigenvalue weighted by atomic mass is 19.1. The van der Waals surface area contributed by atoms with Gasteiger partial charge in [-0.15, -0.1) is 0 Å². The quantitative estimate of drug-likeness (QED) is 0.734. The van der Waals surface area contributed by atoms with Crippen molar-refractivity contribution in [2.24, 2.45) is 0 Å². The van der Waals surface area contributed by atoms with Gasteiger partial charge in [-0.1, -0.05) is 0 Å². The summed E-state index contributed by atoms with van der Waals surface area (Å²) in [5.74, 6) is -1.92. The van der Waals surface area contributed by atoms with Gasteiger partial charge in [-0.25, -0.2) is 13.6 Å². The van der Waals surface area contributed by atoms with Crippen LogP contribution in [0, 0.1) is 11.6 Å². The lowest BCUT2D eigenvalue weighted by Crippen LogP contribution is -2.07. The molecule has 25 heavy (non-hydrogen) atoms. The van der Waals surface area contributed by atoms with Crippen molar-refractivity contribution in [3.05, 3.63) is 70.1 Å². The van der Waals surface area contributed by atoms with Gasteiger partial charge in [0.1, 0.15) is 18.0 Å². The Hall–Kier alpha value is -3.22. The van der Waals surface area contributed by atoms with E-state index in [1.54, 1.807) is 12.1 Å². The molecule has 0 spiro atoms. The van der Waals surface area contributed by atoms with E-state index in [9.17, 15) is 18.4 Å². The molecule has 3 rings (SSSR count). The van der Waals surface area contributed by atoms with Crippen molar-refractivity contribution < 1.29 is 22.7 Å². The molecule has 3 aromatic rings. The Morgan fingerprint density at radius 2 is 1.96 bits per heavy atom. The average Bonchev–Trinajstić information content (AvgIpc) is 2.52. The van der Waals surface area contributed by atoms with Crippen LogP contribution in [-0.4, -0.2) is 5.91 Å². The van der Waals surface area contributed by atoms with Gasteiger partial charge in [0.15, 0.2) is 11.6 Å². The Morgan fingerprint density at radius 3 is 2.68 bits per heavy atom. The molecular formula is C18H13F2NO4. The molecule has 0 atom stereocenters. The highest BCUT2D eigenvalue weighted by molar-refractivity contribution is 5.92. The molecule has 0 aliphatic heterocycles. The van der Waals surface area contributed by atoms with E-state index in [2.05, 4.69) is 5.32 Å². The van der Waals surface area contributed by atoms with Crippen molar-refractivity contribution in [2.45, 2.75) is 13.5 Å². The summed E-state index contributed by atoms with van der Waals surface area (Å²) in [5, 5.41) is 3.17. The van der Waals surface area contributed by atoms with Gasteiger partial charge in [-0.05, 0) is 24.3 Å². The van der Waals surface area contributed by atoms with E-state index < -0.39 is 17.3 Å². The minimum atomic E-state index is -0.833. The summed E-state index contributed by atoms with van der Waals surface area (Å²) in [5.41, 5.74) is 0.609. The Kier molecular flexibility index (Phi) is 4.47. The zero-order valence-corrected chi connectivity index (χ0v) is 13.1. The fourth-order valence-electron chi connectivity index (χ4n) is 2.38. The molecule has 7 heteroatoms. The minimum Gasteiger partial charge on any atom is -0.486 e. The molecule has 0 radical (unpaired) electrons. The topological polar surface area (TPSA) is 68.5 Å². The van der Waals surface area contributed by atoms with Crippen molar-refractivity contribution in [1.29, 1.82) is 0 Å². The van der Waals surface area contributed by atoms with Gasteiger partial charge in [0, 0.05) is 41.8 Å². The summed E-state index contributed by atoms with van der Waals surface area (Å²) >= 11 is 0. The highest BCUT2D eigenvalue weighted by Crippen LogP contribution is 2.24. The van der Waals surface area contributed by atoms with E-state index in [-0.39, 0.29) is 23.8 Å². The van der Waals surface area contributed by atoms with Gasteiger partial charge < -0.3 is 14.5 Å². The number of carbonyl (C=O) groups excluding carboxylic acids is 1. The Balaban J connectivity index is 1.92. The first-order chi connectivity index (χ1) is 11.9. The Bertz CT molecular complexity index is 1010. The van der Waals surface area contributed by atoms with Crippen LogP contribution >= 0.6 is 0 Å². The molecule has 1 amide bonds. The molecule has 0 unspecified atom stereocenters. The van der Waals surface area contributed by atoms with Crippen molar-refractivity contribution in [3.8, 4) is 5.75 Å². The molecule has 1 N–H and O–H groups in total. The molecule has 1 heterocycles. The van der Waals surface area contributed by atoms with Crippen LogP contribution < -0.4 is 15.7 Å². The third kappa shape index (κ3) is 3.82. The Labute approximate surface area is 140 Å². The first kappa shape index (κ1) is 16.6. The summed E-state index contributed by atoms with van der Waals surface area (Å²) in [4.78, 5) is 22.8. The van der Waals surface area contributed by atoms with Gasteiger partial charge in [0.05, 0.1) is 0 Å². The Morgan fingerprint density at radius 1 is 1.16 bits per heavy atom. The number of carbonyl (C=O) groups is 1. The van der Waals surface area contributed by atoms with Gasteiger partial charge in [-0.3, -0.25) is 4.79 Å². The largest absolute Gasteiger partial charge is 0.486 e. The van der Waals surface area contributed by atoms with Crippen LogP contribution in [0.1, 0.15) is 12.5 Å². The van der Waals surface area contributed by atoms with E-state index in [1.165, 1.54) is 25.1 Å². The lowest BCUT2D eigenvalue weighted by Gasteiger charge is -2.10. The number of rotatable bonds is 4. The van der Waals surface area contributed by atoms with Crippen LogP contribution in [0.4, 0.5) is 14.5 Å². The first-order valence-electron chi connectivity index (χ1n) is 7.34. The molecule has 128 valence electrons. The summed E-state index contributed by atoms with van der Waals surface area (Å²) in [6.45, 7) is 1.26. The molecule has 5 nitrogen and oxygen atoms in total. The number of halogens is 2. The highest BCUT2D eigenvalue weighted by Gasteiger charge is 2.10. The van der Waals surface area contributed by atoms with Gasteiger partial charge in [0.2, 0.25) is 5.91 Å². The summed E-state index contributed by atoms with van der Waals surface area (Å²) < 4.78 is 37.0. The summed E-state index contributed by atoms with van der Waals surface area (Å²) in [7, 11) is 0. The summed E-state index contributed by atoms with van der Waals surface area (Å²) in [6.07, 6.45) is 0. The van der Waals surface area contributed by atoms with Gasteiger partial charge >= 0.3 is 5.63 Å². The second-order valence-electron chi connectivity index (χ2n) is 5.35. The fourth-order valence-corrected chi connectivity index (χ4v) is 2.38. The number of hydrogen-bond donors (Lipinski definition) is 1. The standard InChI is InChI=1S/C18H13F2NO4/c1-10(22)21-13-3-4-14-11(6-18(23)25-17(14)8-13)9-24-16-5-2-12(19)7-15(16)20/h2-8H,9H2,1H3,(H,21,22). The molecule has 0 bridgehead atoms. The van der Waals surface area contributed by atoms with Crippen molar-refractivity contribution in [2.75, 3.05) is 5.32 Å². The normalized spacial score (nSPS) is 10.7. The van der Waals surface area contributed by atoms with E-state index >= 15 is 0 Å². The maximum absolute atomic E-state index is 13.6. The molecule has 0 saturated heterocycles. The molecular weight excluding hydrogens is 332 g/mol. The minimum absolute atomic E-state index is 0.107. The van der Waals surface area contributed by atoms with Crippen LogP contribution in [0.25, 0.3) is 11.0 Å². The lowest BCUT2D eigenvalue weighted by molar-refractivity contribution is -0.114. The van der Waals surface area contributed by atoms with Gasteiger partial charge in [-0.2, -0.15) is 0 Å². The third-order valence-electron chi connectivity index (χ3n) is 3.43. The molecule has 0 fully saturated rings. The zero-order valence-electron chi connectivity index (χ0n) is 13.1. The van der Waals surface area contributed by atoms with Crippen LogP contribution in [-0.2, 0) is 11.4 Å². The number of amides is 1. The zero-order chi connectivity index (χ0) is 18.0. The average molecular weight is 345 g/mol. The van der Waals surface area contributed by atoms with E-state index in [1.807, 2.05) is 0 Å². The number of fused-ring (bicyclic) bond motifs is 1. The number of nitrogens with one attached hydrogen (secondary N) is 1. The molecule has 0 aliphatic carbocycles. The smallest absolute Gasteiger partial charge is 0.336 e. The van der Waals surface area contributed by atoms with Crippen molar-refractivity contribution >= 4 is 22.6 Å². The molecule has 1 aromatic heterocycles. The maximum Gasteiger partial charge on any atom is 0.336 e. The van der Waals surface area contributed by atoms with Crippen LogP contribution in [0.2, 0.25) is 0 Å². The van der Waals surface area contributed by atoms with E-state index in [0.29, 0.717) is 22.7 Å². The van der Waals surface area contributed by atoms with Gasteiger partial charge in [0.25, 0.3) is 0 Å². The predicted molar refractivity (Wildman–Crippen MR) is 87.5 cm³/mol. The fraction of sp³-hybridized carbons (Fsp3) is 0.111. The SMILES string of the molecule is CC(=O)Nc1ccc2c(COc3ccc(F)cc3F)cc(=O)oc2c1. The molecule has 2 aromatic carbocycles. The summed E-state index contributed by atoms with van der Waals surface area (Å²) in [6, 6.07) is 9.02. The predicted octanol–water partition coefficient (Wildman–Crippen LogP) is 3.61. The number of hydrogen-bond acceptors (Lipinski definition) is 4. The number of anilines is 1. The number of ether oxygens (including phenoxy) is 1. The van der Waals surface area contributed by atoms with Crippen molar-refractivity contribution in [1.82, 2.24) is 0 Å². The third-order valence-corrected chi connectivity index (χ3v) is 3.43. The van der Waals surface area contributed by atoms with Crippen LogP contribution in [0.15, 0.2) is 51.7 Å². The van der Waals surface area contributed by atoms with E-state index in [4.69, 9.17) is 9.15 Å². The second-order valence-corrected chi connectivity index (χ2v) is 5.35. The monoisotopic (exact) mass is 345 g/mol.